The molecular weight excluding hydrogens is 170 g/mol. The van der Waals surface area contributed by atoms with Crippen LogP contribution in [0.15, 0.2) is 0 Å². The molecule has 0 saturated carbocycles. The molecule has 13 heavy (non-hydrogen) atoms. The van der Waals surface area contributed by atoms with E-state index in [4.69, 9.17) is 9.84 Å². The van der Waals surface area contributed by atoms with Crippen LogP contribution in [0, 0.1) is 5.92 Å². The first kappa shape index (κ1) is 10.5. The molecule has 1 heterocycles. The van der Waals surface area contributed by atoms with Crippen LogP contribution in [-0.4, -0.2) is 48.8 Å². The van der Waals surface area contributed by atoms with Crippen molar-refractivity contribution in [2.24, 2.45) is 5.92 Å². The fourth-order valence-electron chi connectivity index (χ4n) is 1.89. The van der Waals surface area contributed by atoms with E-state index in [9.17, 15) is 4.79 Å². The predicted octanol–water partition coefficient (Wildman–Crippen LogP) is 0.428. The zero-order valence-electron chi connectivity index (χ0n) is 8.19. The van der Waals surface area contributed by atoms with Crippen molar-refractivity contribution in [2.45, 2.75) is 19.4 Å². The first-order valence-corrected chi connectivity index (χ1v) is 4.62. The molecular formula is C9H17NO3. The maximum absolute atomic E-state index is 10.9. The van der Waals surface area contributed by atoms with Crippen LogP contribution in [0.5, 0.6) is 0 Å². The topological polar surface area (TPSA) is 49.8 Å². The van der Waals surface area contributed by atoms with Gasteiger partial charge in [0.1, 0.15) is 6.04 Å². The van der Waals surface area contributed by atoms with Gasteiger partial charge in [-0.1, -0.05) is 6.92 Å². The minimum Gasteiger partial charge on any atom is -0.480 e. The average Bonchev–Trinajstić information content (AvgIpc) is 2.43. The molecule has 1 N–H and O–H groups in total. The van der Waals surface area contributed by atoms with E-state index in [2.05, 4.69) is 0 Å². The van der Waals surface area contributed by atoms with Gasteiger partial charge in [-0.05, 0) is 18.9 Å². The summed E-state index contributed by atoms with van der Waals surface area (Å²) in [4.78, 5) is 12.9. The first-order valence-electron chi connectivity index (χ1n) is 4.62. The van der Waals surface area contributed by atoms with E-state index in [1.54, 1.807) is 7.11 Å². The fourth-order valence-corrected chi connectivity index (χ4v) is 1.89. The number of carboxylic acids is 1. The highest BCUT2D eigenvalue weighted by Gasteiger charge is 2.35. The van der Waals surface area contributed by atoms with Crippen molar-refractivity contribution < 1.29 is 14.6 Å². The molecule has 1 rings (SSSR count). The molecule has 0 bridgehead atoms. The van der Waals surface area contributed by atoms with E-state index in [0.717, 1.165) is 19.5 Å². The maximum Gasteiger partial charge on any atom is 0.321 e. The third-order valence-corrected chi connectivity index (χ3v) is 2.64. The van der Waals surface area contributed by atoms with Gasteiger partial charge in [-0.25, -0.2) is 0 Å². The number of hydrogen-bond acceptors (Lipinski definition) is 3. The second-order valence-electron chi connectivity index (χ2n) is 3.58. The zero-order valence-corrected chi connectivity index (χ0v) is 8.19. The number of aliphatic carboxylic acids is 1. The number of methoxy groups -OCH3 is 1. The predicted molar refractivity (Wildman–Crippen MR) is 48.7 cm³/mol. The van der Waals surface area contributed by atoms with Crippen molar-refractivity contribution in [1.29, 1.82) is 0 Å². The number of likely N-dealkylation sites (tertiary alicyclic amines) is 1. The molecule has 4 nitrogen and oxygen atoms in total. The third-order valence-electron chi connectivity index (χ3n) is 2.64. The summed E-state index contributed by atoms with van der Waals surface area (Å²) in [7, 11) is 1.63. The summed E-state index contributed by atoms with van der Waals surface area (Å²) in [6.07, 6.45) is 0.973. The van der Waals surface area contributed by atoms with Crippen molar-refractivity contribution in [1.82, 2.24) is 4.90 Å². The Hall–Kier alpha value is -0.610. The molecule has 0 aromatic carbocycles. The summed E-state index contributed by atoms with van der Waals surface area (Å²) in [5, 5.41) is 8.97. The Labute approximate surface area is 78.5 Å². The van der Waals surface area contributed by atoms with Gasteiger partial charge in [-0.15, -0.1) is 0 Å². The Morgan fingerprint density at radius 1 is 1.69 bits per heavy atom. The summed E-state index contributed by atoms with van der Waals surface area (Å²) in [6, 6.07) is -0.310. The average molecular weight is 187 g/mol. The van der Waals surface area contributed by atoms with Gasteiger partial charge in [0, 0.05) is 13.7 Å². The monoisotopic (exact) mass is 187 g/mol. The van der Waals surface area contributed by atoms with Crippen LogP contribution in [0.2, 0.25) is 0 Å². The summed E-state index contributed by atoms with van der Waals surface area (Å²) in [5.41, 5.74) is 0. The second kappa shape index (κ2) is 4.58. The van der Waals surface area contributed by atoms with Gasteiger partial charge in [0.05, 0.1) is 6.61 Å². The highest BCUT2D eigenvalue weighted by atomic mass is 16.5. The number of nitrogens with zero attached hydrogens (tertiary/aromatic N) is 1. The van der Waals surface area contributed by atoms with Crippen LogP contribution in [0.4, 0.5) is 0 Å². The minimum absolute atomic E-state index is 0.259. The Morgan fingerprint density at radius 3 is 2.92 bits per heavy atom. The van der Waals surface area contributed by atoms with Crippen LogP contribution in [0.1, 0.15) is 13.3 Å². The molecule has 2 unspecified atom stereocenters. The largest absolute Gasteiger partial charge is 0.480 e. The molecule has 0 spiro atoms. The van der Waals surface area contributed by atoms with Crippen molar-refractivity contribution in [3.05, 3.63) is 0 Å². The summed E-state index contributed by atoms with van der Waals surface area (Å²) in [6.45, 7) is 4.20. The summed E-state index contributed by atoms with van der Waals surface area (Å²) >= 11 is 0. The lowest BCUT2D eigenvalue weighted by atomic mass is 10.0. The second-order valence-corrected chi connectivity index (χ2v) is 3.58. The molecule has 2 atom stereocenters. The lowest BCUT2D eigenvalue weighted by molar-refractivity contribution is -0.143. The van der Waals surface area contributed by atoms with E-state index >= 15 is 0 Å². The molecule has 4 heteroatoms. The molecule has 76 valence electrons. The minimum atomic E-state index is -0.707. The molecule has 0 amide bonds. The maximum atomic E-state index is 10.9. The van der Waals surface area contributed by atoms with Gasteiger partial charge >= 0.3 is 5.97 Å². The zero-order chi connectivity index (χ0) is 9.84. The number of rotatable bonds is 4. The lowest BCUT2D eigenvalue weighted by Gasteiger charge is -2.22. The molecule has 0 radical (unpaired) electrons. The number of carbonyl (C=O) groups is 1. The number of hydrogen-bond donors (Lipinski definition) is 1. The van der Waals surface area contributed by atoms with E-state index in [1.807, 2.05) is 11.8 Å². The van der Waals surface area contributed by atoms with Crippen molar-refractivity contribution in [3.63, 3.8) is 0 Å². The highest BCUT2D eigenvalue weighted by Crippen LogP contribution is 2.23. The van der Waals surface area contributed by atoms with E-state index in [-0.39, 0.29) is 12.0 Å². The van der Waals surface area contributed by atoms with Crippen LogP contribution in [-0.2, 0) is 9.53 Å². The highest BCUT2D eigenvalue weighted by molar-refractivity contribution is 5.74. The molecule has 1 aliphatic heterocycles. The quantitative estimate of drug-likeness (QED) is 0.693. The Kier molecular flexibility index (Phi) is 3.69. The van der Waals surface area contributed by atoms with Crippen LogP contribution in [0.3, 0.4) is 0 Å². The first-order chi connectivity index (χ1) is 6.16. The smallest absolute Gasteiger partial charge is 0.321 e. The van der Waals surface area contributed by atoms with Gasteiger partial charge in [0.25, 0.3) is 0 Å². The lowest BCUT2D eigenvalue weighted by Crippen LogP contribution is -2.40. The van der Waals surface area contributed by atoms with Crippen molar-refractivity contribution >= 4 is 5.97 Å². The van der Waals surface area contributed by atoms with E-state index in [1.165, 1.54) is 0 Å². The third kappa shape index (κ3) is 2.42. The molecule has 1 aliphatic rings. The summed E-state index contributed by atoms with van der Waals surface area (Å²) in [5.74, 6) is -0.449. The normalized spacial score (nSPS) is 29.4. The molecule has 1 saturated heterocycles. The Morgan fingerprint density at radius 2 is 2.38 bits per heavy atom. The standard InChI is InChI=1S/C9H17NO3/c1-7-3-4-10(5-6-13-2)8(7)9(11)12/h7-8H,3-6H2,1-2H3,(H,11,12). The van der Waals surface area contributed by atoms with Crippen LogP contribution >= 0.6 is 0 Å². The molecule has 1 fully saturated rings. The molecule has 0 aromatic rings. The van der Waals surface area contributed by atoms with Crippen LogP contribution < -0.4 is 0 Å². The Bertz CT molecular complexity index is 184. The van der Waals surface area contributed by atoms with Crippen molar-refractivity contribution in [2.75, 3.05) is 26.8 Å². The summed E-state index contributed by atoms with van der Waals surface area (Å²) < 4.78 is 4.93. The number of carboxylic acid groups (broad SMARTS) is 1. The van der Waals surface area contributed by atoms with Gasteiger partial charge in [-0.2, -0.15) is 0 Å². The van der Waals surface area contributed by atoms with Gasteiger partial charge in [0.2, 0.25) is 0 Å². The number of ether oxygens (including phenoxy) is 1. The van der Waals surface area contributed by atoms with Gasteiger partial charge in [-0.3, -0.25) is 9.69 Å². The van der Waals surface area contributed by atoms with Gasteiger partial charge < -0.3 is 9.84 Å². The van der Waals surface area contributed by atoms with E-state index in [0.29, 0.717) is 6.61 Å². The van der Waals surface area contributed by atoms with Crippen molar-refractivity contribution in [3.8, 4) is 0 Å². The molecule has 0 aromatic heterocycles. The molecule has 0 aliphatic carbocycles. The Balaban J connectivity index is 2.49. The SMILES string of the molecule is COCCN1CCC(C)C1C(=O)O. The van der Waals surface area contributed by atoms with Crippen LogP contribution in [0.25, 0.3) is 0 Å². The fraction of sp³-hybridized carbons (Fsp3) is 0.889. The van der Waals surface area contributed by atoms with E-state index < -0.39 is 5.97 Å². The van der Waals surface area contributed by atoms with Gasteiger partial charge in [0.15, 0.2) is 0 Å².